The Kier molecular flexibility index (Phi) is 8.94. The lowest BCUT2D eigenvalue weighted by Gasteiger charge is -2.32. The van der Waals surface area contributed by atoms with Gasteiger partial charge in [0.15, 0.2) is 17.3 Å². The topological polar surface area (TPSA) is 170 Å². The van der Waals surface area contributed by atoms with Gasteiger partial charge in [0, 0.05) is 42.7 Å². The highest BCUT2D eigenvalue weighted by atomic mass is 35.5. The number of pyridine rings is 1. The summed E-state index contributed by atoms with van der Waals surface area (Å²) in [4.78, 5) is 58.2. The average Bonchev–Trinajstić information content (AvgIpc) is 3.54. The van der Waals surface area contributed by atoms with E-state index in [9.17, 15) is 32.7 Å². The van der Waals surface area contributed by atoms with Crippen LogP contribution in [0.3, 0.4) is 0 Å². The number of hydrogen-bond donors (Lipinski definition) is 2. The number of amides is 2. The number of benzene rings is 1. The number of ether oxygens (including phenoxy) is 1. The summed E-state index contributed by atoms with van der Waals surface area (Å²) in [6, 6.07) is 5.77. The zero-order valence-electron chi connectivity index (χ0n) is 25.9. The van der Waals surface area contributed by atoms with Crippen molar-refractivity contribution < 1.29 is 32.6 Å². The largest absolute Gasteiger partial charge is 0.504 e. The van der Waals surface area contributed by atoms with Crippen molar-refractivity contribution in [2.24, 2.45) is 0 Å². The van der Waals surface area contributed by atoms with Crippen LogP contribution < -0.4 is 15.6 Å². The van der Waals surface area contributed by atoms with Crippen LogP contribution in [0.25, 0.3) is 17.2 Å². The highest BCUT2D eigenvalue weighted by molar-refractivity contribution is 6.33. The van der Waals surface area contributed by atoms with Crippen LogP contribution in [0.1, 0.15) is 46.1 Å². The van der Waals surface area contributed by atoms with E-state index in [1.165, 1.54) is 35.3 Å². The van der Waals surface area contributed by atoms with Crippen molar-refractivity contribution in [2.45, 2.75) is 38.4 Å². The number of nitrogens with one attached hydrogen (secondary N) is 1. The molecule has 0 unspecified atom stereocenters. The maximum absolute atomic E-state index is 13.9. The van der Waals surface area contributed by atoms with Crippen molar-refractivity contribution in [1.82, 2.24) is 39.0 Å². The van der Waals surface area contributed by atoms with E-state index in [1.807, 2.05) is 0 Å². The minimum Gasteiger partial charge on any atom is -0.504 e. The third-order valence-corrected chi connectivity index (χ3v) is 8.41. The van der Waals surface area contributed by atoms with Gasteiger partial charge in [-0.25, -0.2) is 15.0 Å². The molecule has 5 heterocycles. The second-order valence-electron chi connectivity index (χ2n) is 11.2. The van der Waals surface area contributed by atoms with Gasteiger partial charge in [0.1, 0.15) is 12.9 Å². The number of hydrogen-bond acceptors (Lipinski definition) is 10. The Hall–Kier alpha value is -5.58. The van der Waals surface area contributed by atoms with Crippen LogP contribution >= 0.6 is 11.6 Å². The van der Waals surface area contributed by atoms with Crippen molar-refractivity contribution >= 4 is 34.9 Å². The molecule has 18 heteroatoms. The number of aryl methyl sites for hydroxylation is 1. The van der Waals surface area contributed by atoms with E-state index in [-0.39, 0.29) is 64.3 Å². The molecule has 0 atom stereocenters. The smallest absolute Gasteiger partial charge is 0.416 e. The summed E-state index contributed by atoms with van der Waals surface area (Å²) in [5.41, 5.74) is -0.539. The molecule has 2 amide bonds. The van der Waals surface area contributed by atoms with Crippen LogP contribution in [0.2, 0.25) is 5.02 Å². The monoisotopic (exact) mass is 697 g/mol. The maximum Gasteiger partial charge on any atom is 0.416 e. The van der Waals surface area contributed by atoms with E-state index in [2.05, 4.69) is 30.4 Å². The molecule has 0 radical (unpaired) electrons. The summed E-state index contributed by atoms with van der Waals surface area (Å²) >= 11 is 6.06. The number of aromatic hydroxyl groups is 1. The van der Waals surface area contributed by atoms with Gasteiger partial charge in [0.05, 0.1) is 29.1 Å². The number of carbonyl (C=O) groups excluding carboxylic acids is 2. The zero-order valence-corrected chi connectivity index (χ0v) is 26.7. The van der Waals surface area contributed by atoms with Gasteiger partial charge >= 0.3 is 6.18 Å². The second kappa shape index (κ2) is 13.1. The predicted molar refractivity (Wildman–Crippen MR) is 168 cm³/mol. The Morgan fingerprint density at radius 2 is 1.88 bits per heavy atom. The molecule has 1 aliphatic heterocycles. The Labute approximate surface area is 280 Å². The van der Waals surface area contributed by atoms with Crippen molar-refractivity contribution in [3.05, 3.63) is 86.9 Å². The van der Waals surface area contributed by atoms with Crippen LogP contribution in [-0.4, -0.2) is 76.1 Å². The Morgan fingerprint density at radius 1 is 1.12 bits per heavy atom. The fraction of sp³-hybridized carbons (Fsp3) is 0.290. The first-order valence-electron chi connectivity index (χ1n) is 14.8. The van der Waals surface area contributed by atoms with Gasteiger partial charge in [-0.05, 0) is 49.9 Å². The number of alkyl halides is 3. The molecule has 2 N–H and O–H groups in total. The summed E-state index contributed by atoms with van der Waals surface area (Å²) < 4.78 is 47.1. The van der Waals surface area contributed by atoms with E-state index < -0.39 is 35.7 Å². The molecule has 0 bridgehead atoms. The SMILES string of the molecule is COc1cc(-c2nc3n(CC(=O)Nc4ccc(C(F)(F)F)cc4Cl)cc(C4CCN(C(=O)c5ncnc(C)c5O)CC4)c(=O)n3n2)ccn1. The van der Waals surface area contributed by atoms with Gasteiger partial charge < -0.3 is 24.6 Å². The van der Waals surface area contributed by atoms with Crippen molar-refractivity contribution in [3.63, 3.8) is 0 Å². The summed E-state index contributed by atoms with van der Waals surface area (Å²) in [7, 11) is 1.44. The van der Waals surface area contributed by atoms with E-state index in [4.69, 9.17) is 16.3 Å². The third-order valence-electron chi connectivity index (χ3n) is 8.10. The quantitative estimate of drug-likeness (QED) is 0.253. The number of likely N-dealkylation sites (tertiary alicyclic amines) is 1. The van der Waals surface area contributed by atoms with Crippen molar-refractivity contribution in [2.75, 3.05) is 25.5 Å². The van der Waals surface area contributed by atoms with E-state index in [0.717, 1.165) is 16.6 Å². The number of anilines is 1. The first-order valence-corrected chi connectivity index (χ1v) is 15.2. The van der Waals surface area contributed by atoms with Gasteiger partial charge in [-0.3, -0.25) is 14.4 Å². The van der Waals surface area contributed by atoms with Gasteiger partial charge in [0.25, 0.3) is 11.5 Å². The molecular weight excluding hydrogens is 671 g/mol. The number of halogens is 4. The lowest BCUT2D eigenvalue weighted by molar-refractivity contribution is -0.137. The summed E-state index contributed by atoms with van der Waals surface area (Å²) in [5.74, 6) is -1.32. The van der Waals surface area contributed by atoms with Gasteiger partial charge in [-0.15, -0.1) is 5.10 Å². The first kappa shape index (κ1) is 33.3. The molecule has 0 spiro atoms. The Morgan fingerprint density at radius 3 is 2.57 bits per heavy atom. The molecular formula is C31H27ClF3N9O5. The molecule has 4 aromatic heterocycles. The van der Waals surface area contributed by atoms with Crippen LogP contribution in [0.5, 0.6) is 11.6 Å². The molecule has 14 nitrogen and oxygen atoms in total. The standard InChI is InChI=1S/C31H27ClF3N9O5/c1-16-26(46)25(38-15-37-16)29(48)42-9-6-17(7-10-42)20-13-43(14-23(45)39-22-4-3-19(12-21(22)32)31(33,34)35)30-40-27(41-44(30)28(20)47)18-5-8-36-24(11-18)49-2/h3-5,8,11-13,15,17,46H,6-7,9-10,14H2,1-2H3,(H,39,45). The van der Waals surface area contributed by atoms with Gasteiger partial charge in [-0.2, -0.15) is 22.7 Å². The van der Waals surface area contributed by atoms with Gasteiger partial charge in [0.2, 0.25) is 17.6 Å². The van der Waals surface area contributed by atoms with Crippen molar-refractivity contribution in [1.29, 1.82) is 0 Å². The lowest BCUT2D eigenvalue weighted by atomic mass is 9.91. The highest BCUT2D eigenvalue weighted by Crippen LogP contribution is 2.34. The number of nitrogens with zero attached hydrogens (tertiary/aromatic N) is 8. The van der Waals surface area contributed by atoms with E-state index >= 15 is 0 Å². The predicted octanol–water partition coefficient (Wildman–Crippen LogP) is 4.10. The minimum absolute atomic E-state index is 0.0235. The number of rotatable bonds is 7. The third kappa shape index (κ3) is 6.74. The van der Waals surface area contributed by atoms with Gasteiger partial charge in [-0.1, -0.05) is 11.6 Å². The zero-order chi connectivity index (χ0) is 35.0. The summed E-state index contributed by atoms with van der Waals surface area (Å²) in [6.07, 6.45) is 0.300. The summed E-state index contributed by atoms with van der Waals surface area (Å²) in [6.45, 7) is 1.64. The molecule has 0 aliphatic carbocycles. The van der Waals surface area contributed by atoms with Crippen molar-refractivity contribution in [3.8, 4) is 23.0 Å². The Balaban J connectivity index is 1.32. The number of carbonyl (C=O) groups is 2. The number of aromatic nitrogens is 7. The molecule has 254 valence electrons. The Bertz CT molecular complexity index is 2150. The second-order valence-corrected chi connectivity index (χ2v) is 11.6. The van der Waals surface area contributed by atoms with Crippen LogP contribution in [0.15, 0.2) is 53.8 Å². The normalized spacial score (nSPS) is 13.9. The fourth-order valence-electron chi connectivity index (χ4n) is 5.51. The summed E-state index contributed by atoms with van der Waals surface area (Å²) in [5, 5.41) is 17.0. The average molecular weight is 698 g/mol. The molecule has 1 aliphatic rings. The fourth-order valence-corrected chi connectivity index (χ4v) is 5.74. The van der Waals surface area contributed by atoms with Crippen LogP contribution in [0.4, 0.5) is 18.9 Å². The molecule has 5 aromatic rings. The lowest BCUT2D eigenvalue weighted by Crippen LogP contribution is -2.40. The highest BCUT2D eigenvalue weighted by Gasteiger charge is 2.32. The first-order chi connectivity index (χ1) is 23.3. The minimum atomic E-state index is -4.62. The molecule has 49 heavy (non-hydrogen) atoms. The number of fused-ring (bicyclic) bond motifs is 1. The van der Waals surface area contributed by atoms with E-state index in [0.29, 0.717) is 30.0 Å². The maximum atomic E-state index is 13.9. The molecule has 0 saturated carbocycles. The molecule has 1 fully saturated rings. The molecule has 1 aromatic carbocycles. The van der Waals surface area contributed by atoms with Crippen LogP contribution in [-0.2, 0) is 17.5 Å². The molecule has 6 rings (SSSR count). The number of methoxy groups -OCH3 is 1. The van der Waals surface area contributed by atoms with E-state index in [1.54, 1.807) is 19.1 Å². The molecule has 1 saturated heterocycles. The number of piperidine rings is 1. The van der Waals surface area contributed by atoms with Crippen LogP contribution in [0, 0.1) is 6.92 Å².